The van der Waals surface area contributed by atoms with E-state index in [9.17, 15) is 9.90 Å². The molecule has 3 aliphatic rings. The highest BCUT2D eigenvalue weighted by molar-refractivity contribution is 7.15. The van der Waals surface area contributed by atoms with Crippen molar-refractivity contribution in [1.29, 1.82) is 0 Å². The van der Waals surface area contributed by atoms with Gasteiger partial charge in [-0.15, -0.1) is 11.3 Å². The van der Waals surface area contributed by atoms with Crippen molar-refractivity contribution in [2.45, 2.75) is 64.9 Å². The summed E-state index contributed by atoms with van der Waals surface area (Å²) < 4.78 is 0. The maximum absolute atomic E-state index is 13.1. The molecule has 5 nitrogen and oxygen atoms in total. The Hall–Kier alpha value is -1.92. The normalized spacial score (nSPS) is 32.8. The van der Waals surface area contributed by atoms with Crippen LogP contribution in [0.2, 0.25) is 0 Å². The van der Waals surface area contributed by atoms with Crippen LogP contribution in [0.25, 0.3) is 0 Å². The number of nitrogens with zero attached hydrogens (tertiary/aromatic N) is 2. The van der Waals surface area contributed by atoms with Crippen LogP contribution in [0.15, 0.2) is 30.3 Å². The predicted octanol–water partition coefficient (Wildman–Crippen LogP) is 5.20. The number of carbonyl (C=O) groups excluding carboxylic acids is 1. The first kappa shape index (κ1) is 21.9. The number of nitrogens with one attached hydrogen (secondary N) is 1. The highest BCUT2D eigenvalue weighted by Gasteiger charge is 2.54. The summed E-state index contributed by atoms with van der Waals surface area (Å²) in [4.78, 5) is 21.4. The fraction of sp³-hybridized carbons (Fsp3) is 0.615. The fourth-order valence-electron chi connectivity index (χ4n) is 6.65. The molecule has 172 valence electrons. The molecule has 1 saturated heterocycles. The highest BCUT2D eigenvalue weighted by Crippen LogP contribution is 2.57. The molecule has 6 atom stereocenters. The summed E-state index contributed by atoms with van der Waals surface area (Å²) in [6, 6.07) is 10.2. The molecular formula is C26H35N3O2S. The Morgan fingerprint density at radius 1 is 1.28 bits per heavy atom. The largest absolute Gasteiger partial charge is 0.392 e. The Balaban J connectivity index is 1.37. The standard InChI is InChI=1S/C26H35N3O2S/c1-16(24(31)29-13-7-8-14-29)19-11-12-26(3)15-20-22(17(2)21(26)23(19)30)28-25(32-20)27-18-9-5-4-6-10-18/h4-6,9-10,16-17,19,21,23,30H,7-8,11-15H2,1-3H3,(H,27,28)/t16-,17-,19+,21+,23-,26-/m0/s1. The second-order valence-corrected chi connectivity index (χ2v) is 11.6. The number of aliphatic hydroxyl groups excluding tert-OH is 1. The molecule has 2 aliphatic carbocycles. The van der Waals surface area contributed by atoms with Gasteiger partial charge in [-0.1, -0.05) is 39.0 Å². The van der Waals surface area contributed by atoms with Crippen molar-refractivity contribution < 1.29 is 9.90 Å². The monoisotopic (exact) mass is 453 g/mol. The SMILES string of the molecule is C[C@H](C(=O)N1CCCC1)[C@H]1CC[C@@]2(C)Cc3sc(Nc4ccccc4)nc3[C@@H](C)[C@@H]2[C@H]1O. The number of benzene rings is 1. The summed E-state index contributed by atoms with van der Waals surface area (Å²) in [5.41, 5.74) is 2.23. The lowest BCUT2D eigenvalue weighted by atomic mass is 9.53. The summed E-state index contributed by atoms with van der Waals surface area (Å²) in [5.74, 6) is 0.465. The number of amides is 1. The minimum atomic E-state index is -0.467. The van der Waals surface area contributed by atoms with Gasteiger partial charge in [-0.25, -0.2) is 4.98 Å². The summed E-state index contributed by atoms with van der Waals surface area (Å²) >= 11 is 1.75. The Morgan fingerprint density at radius 3 is 2.72 bits per heavy atom. The van der Waals surface area contributed by atoms with Crippen LogP contribution in [0, 0.1) is 23.2 Å². The van der Waals surface area contributed by atoms with Gasteiger partial charge in [0.2, 0.25) is 5.91 Å². The molecular weight excluding hydrogens is 418 g/mol. The number of likely N-dealkylation sites (tertiary alicyclic amines) is 1. The third kappa shape index (κ3) is 3.75. The topological polar surface area (TPSA) is 65.5 Å². The molecule has 2 fully saturated rings. The lowest BCUT2D eigenvalue weighted by molar-refractivity contribution is -0.143. The van der Waals surface area contributed by atoms with Crippen LogP contribution >= 0.6 is 11.3 Å². The number of anilines is 2. The summed E-state index contributed by atoms with van der Waals surface area (Å²) in [7, 11) is 0. The van der Waals surface area contributed by atoms with E-state index < -0.39 is 6.10 Å². The van der Waals surface area contributed by atoms with Crippen molar-refractivity contribution in [1.82, 2.24) is 9.88 Å². The van der Waals surface area contributed by atoms with Crippen LogP contribution in [0.3, 0.4) is 0 Å². The van der Waals surface area contributed by atoms with Gasteiger partial charge < -0.3 is 15.3 Å². The number of aliphatic hydroxyl groups is 1. The molecule has 1 aliphatic heterocycles. The summed E-state index contributed by atoms with van der Waals surface area (Å²) in [6.45, 7) is 8.37. The molecule has 2 aromatic rings. The zero-order valence-corrected chi connectivity index (χ0v) is 20.2. The van der Waals surface area contributed by atoms with E-state index in [4.69, 9.17) is 4.98 Å². The zero-order valence-electron chi connectivity index (χ0n) is 19.4. The van der Waals surface area contributed by atoms with E-state index in [-0.39, 0.29) is 35.0 Å². The molecule has 2 N–H and O–H groups in total. The lowest BCUT2D eigenvalue weighted by Crippen LogP contribution is -2.53. The van der Waals surface area contributed by atoms with E-state index in [1.165, 1.54) is 4.88 Å². The van der Waals surface area contributed by atoms with Gasteiger partial charge in [0, 0.05) is 35.5 Å². The predicted molar refractivity (Wildman–Crippen MR) is 129 cm³/mol. The Morgan fingerprint density at radius 2 is 2.00 bits per heavy atom. The van der Waals surface area contributed by atoms with E-state index in [0.29, 0.717) is 0 Å². The third-order valence-electron chi connectivity index (χ3n) is 8.40. The van der Waals surface area contributed by atoms with Gasteiger partial charge in [0.15, 0.2) is 5.13 Å². The van der Waals surface area contributed by atoms with Crippen molar-refractivity contribution in [3.8, 4) is 0 Å². The first-order valence-corrected chi connectivity index (χ1v) is 13.0. The van der Waals surface area contributed by atoms with Crippen LogP contribution in [-0.4, -0.2) is 40.1 Å². The van der Waals surface area contributed by atoms with Gasteiger partial charge in [-0.05, 0) is 61.5 Å². The second-order valence-electron chi connectivity index (χ2n) is 10.5. The number of rotatable bonds is 4. The van der Waals surface area contributed by atoms with E-state index in [1.807, 2.05) is 30.0 Å². The molecule has 6 heteroatoms. The Labute approximate surface area is 195 Å². The van der Waals surface area contributed by atoms with Crippen molar-refractivity contribution in [3.05, 3.63) is 40.9 Å². The average molecular weight is 454 g/mol. The van der Waals surface area contributed by atoms with E-state index >= 15 is 0 Å². The molecule has 2 heterocycles. The minimum absolute atomic E-state index is 0.0331. The van der Waals surface area contributed by atoms with E-state index in [0.717, 1.165) is 61.7 Å². The number of fused-ring (bicyclic) bond motifs is 2. The van der Waals surface area contributed by atoms with Crippen LogP contribution in [0.4, 0.5) is 10.8 Å². The number of hydrogen-bond donors (Lipinski definition) is 2. The lowest BCUT2D eigenvalue weighted by Gasteiger charge is -2.53. The van der Waals surface area contributed by atoms with E-state index in [1.54, 1.807) is 11.3 Å². The van der Waals surface area contributed by atoms with Gasteiger partial charge in [0.1, 0.15) is 0 Å². The highest BCUT2D eigenvalue weighted by atomic mass is 32.1. The molecule has 0 radical (unpaired) electrons. The van der Waals surface area contributed by atoms with Crippen LogP contribution in [-0.2, 0) is 11.2 Å². The maximum atomic E-state index is 13.1. The molecule has 1 amide bonds. The number of aromatic nitrogens is 1. The van der Waals surface area contributed by atoms with E-state index in [2.05, 4.69) is 31.3 Å². The van der Waals surface area contributed by atoms with Crippen molar-refractivity contribution in [2.75, 3.05) is 18.4 Å². The molecule has 1 saturated carbocycles. The van der Waals surface area contributed by atoms with Crippen molar-refractivity contribution in [2.24, 2.45) is 23.2 Å². The van der Waals surface area contributed by atoms with Crippen LogP contribution < -0.4 is 5.32 Å². The zero-order chi connectivity index (χ0) is 22.5. The van der Waals surface area contributed by atoms with Gasteiger partial charge in [-0.3, -0.25) is 4.79 Å². The second kappa shape index (κ2) is 8.45. The summed E-state index contributed by atoms with van der Waals surface area (Å²) in [5, 5.41) is 16.0. The molecule has 0 unspecified atom stereocenters. The van der Waals surface area contributed by atoms with Crippen molar-refractivity contribution in [3.63, 3.8) is 0 Å². The number of para-hydroxylation sites is 1. The van der Waals surface area contributed by atoms with Crippen molar-refractivity contribution >= 4 is 28.1 Å². The molecule has 1 aromatic heterocycles. The first-order chi connectivity index (χ1) is 15.4. The molecule has 5 rings (SSSR count). The minimum Gasteiger partial charge on any atom is -0.392 e. The van der Waals surface area contributed by atoms with Gasteiger partial charge >= 0.3 is 0 Å². The average Bonchev–Trinajstić information content (AvgIpc) is 3.43. The Kier molecular flexibility index (Phi) is 5.79. The third-order valence-corrected chi connectivity index (χ3v) is 9.38. The molecule has 1 aromatic carbocycles. The number of carbonyl (C=O) groups is 1. The Bertz CT molecular complexity index is 971. The van der Waals surface area contributed by atoms with Gasteiger partial charge in [0.25, 0.3) is 0 Å². The first-order valence-electron chi connectivity index (χ1n) is 12.2. The van der Waals surface area contributed by atoms with Crippen LogP contribution in [0.5, 0.6) is 0 Å². The quantitative estimate of drug-likeness (QED) is 0.668. The summed E-state index contributed by atoms with van der Waals surface area (Å²) in [6.07, 6.45) is 4.69. The van der Waals surface area contributed by atoms with Crippen LogP contribution in [0.1, 0.15) is 62.9 Å². The van der Waals surface area contributed by atoms with Gasteiger partial charge in [0.05, 0.1) is 11.8 Å². The molecule has 0 bridgehead atoms. The number of hydrogen-bond acceptors (Lipinski definition) is 5. The molecule has 32 heavy (non-hydrogen) atoms. The molecule has 0 spiro atoms. The number of thiazole rings is 1. The maximum Gasteiger partial charge on any atom is 0.225 e. The van der Waals surface area contributed by atoms with Gasteiger partial charge in [-0.2, -0.15) is 0 Å². The fourth-order valence-corrected chi connectivity index (χ4v) is 7.94. The smallest absolute Gasteiger partial charge is 0.225 e.